The maximum atomic E-state index is 12.4. The lowest BCUT2D eigenvalue weighted by Crippen LogP contribution is -2.25. The number of carbonyl (C=O) groups is 1. The minimum atomic E-state index is -0.158. The van der Waals surface area contributed by atoms with E-state index < -0.39 is 0 Å². The summed E-state index contributed by atoms with van der Waals surface area (Å²) in [6, 6.07) is 22.8. The van der Waals surface area contributed by atoms with Crippen LogP contribution in [0.1, 0.15) is 29.0 Å². The van der Waals surface area contributed by atoms with Crippen molar-refractivity contribution < 1.29 is 14.3 Å². The highest BCUT2D eigenvalue weighted by Crippen LogP contribution is 2.20. The van der Waals surface area contributed by atoms with Crippen molar-refractivity contribution in [2.24, 2.45) is 0 Å². The molecule has 0 saturated heterocycles. The van der Waals surface area contributed by atoms with Gasteiger partial charge < -0.3 is 19.4 Å². The van der Waals surface area contributed by atoms with Gasteiger partial charge in [0.2, 0.25) is 0 Å². The summed E-state index contributed by atoms with van der Waals surface area (Å²) < 4.78 is 13.3. The fourth-order valence-corrected chi connectivity index (χ4v) is 4.06. The molecule has 1 aromatic heterocycles. The van der Waals surface area contributed by atoms with Crippen LogP contribution in [0.5, 0.6) is 11.5 Å². The standard InChI is InChI=1S/C27H28ClN3O3/c1-33-20-13-15-21(16-14-20)34-19-7-18-31-25-11-5-4-10-24(25)30-26(31)12-6-17-29-27(32)22-8-2-3-9-23(22)28/h2-5,8-11,13-16H,6-7,12,17-19H2,1H3,(H,29,32). The number of fused-ring (bicyclic) bond motifs is 1. The molecule has 0 spiro atoms. The number of amides is 1. The summed E-state index contributed by atoms with van der Waals surface area (Å²) in [6.07, 6.45) is 2.39. The molecule has 0 fully saturated rings. The van der Waals surface area contributed by atoms with Gasteiger partial charge >= 0.3 is 0 Å². The summed E-state index contributed by atoms with van der Waals surface area (Å²) in [5.74, 6) is 2.49. The van der Waals surface area contributed by atoms with Gasteiger partial charge in [-0.1, -0.05) is 35.9 Å². The number of carbonyl (C=O) groups excluding carboxylic acids is 1. The molecular formula is C27H28ClN3O3. The van der Waals surface area contributed by atoms with Crippen molar-refractivity contribution in [2.75, 3.05) is 20.3 Å². The lowest BCUT2D eigenvalue weighted by Gasteiger charge is -2.11. The quantitative estimate of drug-likeness (QED) is 0.288. The summed E-state index contributed by atoms with van der Waals surface area (Å²) in [4.78, 5) is 17.2. The van der Waals surface area contributed by atoms with Gasteiger partial charge in [0.15, 0.2) is 0 Å². The number of aryl methyl sites for hydroxylation is 2. The number of imidazole rings is 1. The van der Waals surface area contributed by atoms with Crippen molar-refractivity contribution in [3.05, 3.63) is 89.2 Å². The average Bonchev–Trinajstić information content (AvgIpc) is 3.22. The highest BCUT2D eigenvalue weighted by atomic mass is 35.5. The second kappa shape index (κ2) is 11.6. The minimum Gasteiger partial charge on any atom is -0.497 e. The number of hydrogen-bond donors (Lipinski definition) is 1. The number of rotatable bonds is 11. The molecule has 4 aromatic rings. The maximum Gasteiger partial charge on any atom is 0.252 e. The number of hydrogen-bond acceptors (Lipinski definition) is 4. The lowest BCUT2D eigenvalue weighted by atomic mass is 10.2. The number of aromatic nitrogens is 2. The molecule has 0 aliphatic carbocycles. The lowest BCUT2D eigenvalue weighted by molar-refractivity contribution is 0.0953. The largest absolute Gasteiger partial charge is 0.497 e. The molecule has 0 saturated carbocycles. The van der Waals surface area contributed by atoms with Crippen molar-refractivity contribution in [3.8, 4) is 11.5 Å². The van der Waals surface area contributed by atoms with Crippen LogP contribution in [0, 0.1) is 0 Å². The Balaban J connectivity index is 1.32. The van der Waals surface area contributed by atoms with E-state index in [2.05, 4.69) is 16.0 Å². The molecule has 176 valence electrons. The summed E-state index contributed by atoms with van der Waals surface area (Å²) in [6.45, 7) is 1.96. The van der Waals surface area contributed by atoms with Gasteiger partial charge in [-0.3, -0.25) is 4.79 Å². The Labute approximate surface area is 204 Å². The zero-order valence-corrected chi connectivity index (χ0v) is 19.9. The zero-order chi connectivity index (χ0) is 23.8. The van der Waals surface area contributed by atoms with Crippen LogP contribution in [0.4, 0.5) is 0 Å². The van der Waals surface area contributed by atoms with Crippen LogP contribution in [0.25, 0.3) is 11.0 Å². The van der Waals surface area contributed by atoms with Gasteiger partial charge in [0.05, 0.1) is 35.3 Å². The van der Waals surface area contributed by atoms with Gasteiger partial charge in [0.1, 0.15) is 17.3 Å². The molecule has 0 atom stereocenters. The number of ether oxygens (including phenoxy) is 2. The number of methoxy groups -OCH3 is 1. The molecule has 1 N–H and O–H groups in total. The van der Waals surface area contributed by atoms with E-state index in [-0.39, 0.29) is 5.91 Å². The second-order valence-corrected chi connectivity index (χ2v) is 8.29. The molecule has 4 rings (SSSR count). The maximum absolute atomic E-state index is 12.4. The second-order valence-electron chi connectivity index (χ2n) is 7.89. The van der Waals surface area contributed by atoms with E-state index in [4.69, 9.17) is 26.1 Å². The Morgan fingerprint density at radius 2 is 1.71 bits per heavy atom. The van der Waals surface area contributed by atoms with E-state index in [9.17, 15) is 4.79 Å². The van der Waals surface area contributed by atoms with Gasteiger partial charge in [-0.2, -0.15) is 0 Å². The monoisotopic (exact) mass is 477 g/mol. The molecule has 7 heteroatoms. The fraction of sp³-hybridized carbons (Fsp3) is 0.259. The van der Waals surface area contributed by atoms with Gasteiger partial charge in [0.25, 0.3) is 5.91 Å². The number of nitrogens with one attached hydrogen (secondary N) is 1. The molecule has 0 unspecified atom stereocenters. The van der Waals surface area contributed by atoms with Crippen molar-refractivity contribution in [2.45, 2.75) is 25.8 Å². The molecule has 0 aliphatic heterocycles. The minimum absolute atomic E-state index is 0.158. The Hall–Kier alpha value is -3.51. The van der Waals surface area contributed by atoms with E-state index in [1.54, 1.807) is 19.2 Å². The average molecular weight is 478 g/mol. The van der Waals surface area contributed by atoms with Crippen molar-refractivity contribution in [3.63, 3.8) is 0 Å². The third-order valence-electron chi connectivity index (χ3n) is 5.57. The van der Waals surface area contributed by atoms with Crippen LogP contribution < -0.4 is 14.8 Å². The molecule has 0 radical (unpaired) electrons. The number of para-hydroxylation sites is 2. The summed E-state index contributed by atoms with van der Waals surface area (Å²) in [5, 5.41) is 3.41. The van der Waals surface area contributed by atoms with Gasteiger partial charge in [-0.05, 0) is 61.4 Å². The van der Waals surface area contributed by atoms with E-state index >= 15 is 0 Å². The Kier molecular flexibility index (Phi) is 8.04. The smallest absolute Gasteiger partial charge is 0.252 e. The van der Waals surface area contributed by atoms with Crippen LogP contribution in [0.3, 0.4) is 0 Å². The highest BCUT2D eigenvalue weighted by molar-refractivity contribution is 6.33. The molecule has 1 amide bonds. The van der Waals surface area contributed by atoms with E-state index in [1.165, 1.54) is 0 Å². The molecule has 0 aliphatic rings. The van der Waals surface area contributed by atoms with E-state index in [0.717, 1.165) is 54.2 Å². The van der Waals surface area contributed by atoms with Crippen molar-refractivity contribution in [1.29, 1.82) is 0 Å². The first-order valence-corrected chi connectivity index (χ1v) is 11.8. The summed E-state index contributed by atoms with van der Waals surface area (Å²) in [7, 11) is 1.65. The van der Waals surface area contributed by atoms with Crippen LogP contribution in [0.15, 0.2) is 72.8 Å². The topological polar surface area (TPSA) is 65.4 Å². The first-order chi connectivity index (χ1) is 16.7. The Morgan fingerprint density at radius 3 is 2.50 bits per heavy atom. The first-order valence-electron chi connectivity index (χ1n) is 11.4. The predicted octanol–water partition coefficient (Wildman–Crippen LogP) is 5.53. The molecule has 3 aromatic carbocycles. The van der Waals surface area contributed by atoms with Gasteiger partial charge in [-0.25, -0.2) is 4.98 Å². The first kappa shape index (κ1) is 23.6. The normalized spacial score (nSPS) is 10.9. The van der Waals surface area contributed by atoms with Crippen LogP contribution in [0.2, 0.25) is 5.02 Å². The third kappa shape index (κ3) is 5.88. The Bertz CT molecular complexity index is 1240. The molecular weight excluding hydrogens is 450 g/mol. The molecule has 6 nitrogen and oxygen atoms in total. The molecule has 0 bridgehead atoms. The molecule has 34 heavy (non-hydrogen) atoms. The van der Waals surface area contributed by atoms with Gasteiger partial charge in [-0.15, -0.1) is 0 Å². The van der Waals surface area contributed by atoms with E-state index in [0.29, 0.717) is 23.7 Å². The zero-order valence-electron chi connectivity index (χ0n) is 19.2. The SMILES string of the molecule is COc1ccc(OCCCn2c(CCCNC(=O)c3ccccc3Cl)nc3ccccc32)cc1. The van der Waals surface area contributed by atoms with Gasteiger partial charge in [0, 0.05) is 19.5 Å². The summed E-state index contributed by atoms with van der Waals surface area (Å²) in [5.41, 5.74) is 2.59. The molecule has 1 heterocycles. The predicted molar refractivity (Wildman–Crippen MR) is 135 cm³/mol. The van der Waals surface area contributed by atoms with Crippen LogP contribution in [-0.2, 0) is 13.0 Å². The number of nitrogens with zero attached hydrogens (tertiary/aromatic N) is 2. The van der Waals surface area contributed by atoms with Crippen molar-refractivity contribution >= 4 is 28.5 Å². The van der Waals surface area contributed by atoms with E-state index in [1.807, 2.05) is 54.6 Å². The fourth-order valence-electron chi connectivity index (χ4n) is 3.84. The van der Waals surface area contributed by atoms with Crippen LogP contribution in [-0.4, -0.2) is 35.7 Å². The number of halogens is 1. The highest BCUT2D eigenvalue weighted by Gasteiger charge is 2.12. The Morgan fingerprint density at radius 1 is 0.971 bits per heavy atom. The number of benzene rings is 3. The third-order valence-corrected chi connectivity index (χ3v) is 5.90. The van der Waals surface area contributed by atoms with Crippen LogP contribution >= 0.6 is 11.6 Å². The summed E-state index contributed by atoms with van der Waals surface area (Å²) >= 11 is 6.12. The van der Waals surface area contributed by atoms with Crippen molar-refractivity contribution in [1.82, 2.24) is 14.9 Å².